The van der Waals surface area contributed by atoms with Gasteiger partial charge in [-0.3, -0.25) is 0 Å². The van der Waals surface area contributed by atoms with E-state index in [2.05, 4.69) is 5.32 Å². The number of nitrogen functional groups attached to an aromatic ring is 1. The van der Waals surface area contributed by atoms with Crippen LogP contribution >= 0.6 is 0 Å². The van der Waals surface area contributed by atoms with Gasteiger partial charge in [-0.15, -0.1) is 0 Å². The molecule has 0 aliphatic rings. The van der Waals surface area contributed by atoms with Gasteiger partial charge in [0.25, 0.3) is 0 Å². The average molecular weight is 238 g/mol. The molecular weight excluding hydrogens is 216 g/mol. The zero-order valence-electron chi connectivity index (χ0n) is 10.8. The van der Waals surface area contributed by atoms with Crippen LogP contribution in [0, 0.1) is 0 Å². The monoisotopic (exact) mass is 238 g/mol. The minimum Gasteiger partial charge on any atom is -0.495 e. The summed E-state index contributed by atoms with van der Waals surface area (Å²) in [7, 11) is 1.59. The van der Waals surface area contributed by atoms with Crippen molar-refractivity contribution < 1.29 is 9.84 Å². The summed E-state index contributed by atoms with van der Waals surface area (Å²) in [6, 6.07) is 5.56. The zero-order chi connectivity index (χ0) is 12.9. The Labute approximate surface area is 103 Å². The van der Waals surface area contributed by atoms with E-state index in [1.165, 1.54) is 0 Å². The summed E-state index contributed by atoms with van der Waals surface area (Å²) in [5.74, 6) is 0.645. The van der Waals surface area contributed by atoms with E-state index >= 15 is 0 Å². The molecule has 0 radical (unpaired) electrons. The highest BCUT2D eigenvalue weighted by Crippen LogP contribution is 2.29. The molecule has 1 aromatic rings. The van der Waals surface area contributed by atoms with Crippen LogP contribution in [-0.4, -0.2) is 24.4 Å². The van der Waals surface area contributed by atoms with Crippen molar-refractivity contribution in [2.24, 2.45) is 0 Å². The molecule has 0 spiro atoms. The predicted molar refractivity (Wildman–Crippen MR) is 71.4 cm³/mol. The maximum Gasteiger partial charge on any atom is 0.143 e. The molecule has 96 valence electrons. The summed E-state index contributed by atoms with van der Waals surface area (Å²) in [4.78, 5) is 0. The fourth-order valence-corrected chi connectivity index (χ4v) is 1.64. The second kappa shape index (κ2) is 5.77. The number of hydrogen-bond donors (Lipinski definition) is 3. The first kappa shape index (κ1) is 13.6. The summed E-state index contributed by atoms with van der Waals surface area (Å²) in [6.45, 7) is 4.43. The van der Waals surface area contributed by atoms with Crippen LogP contribution in [0.3, 0.4) is 0 Å². The van der Waals surface area contributed by atoms with E-state index < -0.39 is 5.60 Å². The maximum atomic E-state index is 10.2. The first-order valence-electron chi connectivity index (χ1n) is 5.95. The van der Waals surface area contributed by atoms with Crippen LogP contribution < -0.4 is 15.8 Å². The third-order valence-corrected chi connectivity index (χ3v) is 3.21. The minimum atomic E-state index is -0.685. The van der Waals surface area contributed by atoms with Crippen LogP contribution in [0.5, 0.6) is 5.75 Å². The normalized spacial score (nSPS) is 11.3. The van der Waals surface area contributed by atoms with E-state index in [4.69, 9.17) is 10.5 Å². The van der Waals surface area contributed by atoms with Crippen molar-refractivity contribution in [2.45, 2.75) is 32.3 Å². The molecule has 0 aliphatic carbocycles. The molecule has 0 saturated carbocycles. The summed E-state index contributed by atoms with van der Waals surface area (Å²) in [5, 5.41) is 13.3. The van der Waals surface area contributed by atoms with E-state index in [1.54, 1.807) is 7.11 Å². The number of benzene rings is 1. The van der Waals surface area contributed by atoms with Crippen LogP contribution in [0.2, 0.25) is 0 Å². The molecule has 4 heteroatoms. The highest BCUT2D eigenvalue weighted by atomic mass is 16.5. The van der Waals surface area contributed by atoms with Gasteiger partial charge in [0.2, 0.25) is 0 Å². The second-order valence-electron chi connectivity index (χ2n) is 4.21. The van der Waals surface area contributed by atoms with Gasteiger partial charge in [-0.1, -0.05) is 19.9 Å². The lowest BCUT2D eigenvalue weighted by molar-refractivity contribution is 0.0457. The van der Waals surface area contributed by atoms with E-state index in [0.717, 1.165) is 5.69 Å². The van der Waals surface area contributed by atoms with Crippen LogP contribution in [0.1, 0.15) is 26.7 Å². The molecule has 0 fully saturated rings. The summed E-state index contributed by atoms with van der Waals surface area (Å²) in [6.07, 6.45) is 1.42. The second-order valence-corrected chi connectivity index (χ2v) is 4.21. The van der Waals surface area contributed by atoms with Crippen molar-refractivity contribution >= 4 is 11.4 Å². The van der Waals surface area contributed by atoms with Gasteiger partial charge in [0, 0.05) is 6.54 Å². The molecular formula is C13H22N2O2. The van der Waals surface area contributed by atoms with Gasteiger partial charge in [0.15, 0.2) is 0 Å². The number of aliphatic hydroxyl groups is 1. The number of methoxy groups -OCH3 is 1. The fourth-order valence-electron chi connectivity index (χ4n) is 1.64. The largest absolute Gasteiger partial charge is 0.495 e. The Kier molecular flexibility index (Phi) is 4.63. The Morgan fingerprint density at radius 1 is 1.35 bits per heavy atom. The van der Waals surface area contributed by atoms with Gasteiger partial charge in [-0.2, -0.15) is 0 Å². The third kappa shape index (κ3) is 3.27. The lowest BCUT2D eigenvalue weighted by atomic mass is 9.97. The number of anilines is 2. The van der Waals surface area contributed by atoms with Gasteiger partial charge in [-0.25, -0.2) is 0 Å². The fraction of sp³-hybridized carbons (Fsp3) is 0.538. The van der Waals surface area contributed by atoms with E-state index in [1.807, 2.05) is 32.0 Å². The van der Waals surface area contributed by atoms with Crippen LogP contribution in [0.25, 0.3) is 0 Å². The van der Waals surface area contributed by atoms with Gasteiger partial charge in [-0.05, 0) is 25.0 Å². The number of nitrogens with one attached hydrogen (secondary N) is 1. The molecule has 0 heterocycles. The van der Waals surface area contributed by atoms with Crippen LogP contribution in [-0.2, 0) is 0 Å². The zero-order valence-corrected chi connectivity index (χ0v) is 10.8. The minimum absolute atomic E-state index is 0.483. The molecule has 1 rings (SSSR count). The van der Waals surface area contributed by atoms with Gasteiger partial charge in [0.1, 0.15) is 5.75 Å². The number of para-hydroxylation sites is 1. The molecule has 1 aromatic carbocycles. The molecule has 0 saturated heterocycles. The van der Waals surface area contributed by atoms with Gasteiger partial charge < -0.3 is 20.9 Å². The summed E-state index contributed by atoms with van der Waals surface area (Å²) >= 11 is 0. The van der Waals surface area contributed by atoms with Crippen molar-refractivity contribution in [1.82, 2.24) is 0 Å². The maximum absolute atomic E-state index is 10.2. The highest BCUT2D eigenvalue weighted by molar-refractivity contribution is 5.72. The van der Waals surface area contributed by atoms with Gasteiger partial charge in [0.05, 0.1) is 24.1 Å². The van der Waals surface area contributed by atoms with Crippen molar-refractivity contribution in [2.75, 3.05) is 24.7 Å². The molecule has 0 aliphatic heterocycles. The Balaban J connectivity index is 2.76. The molecule has 0 atom stereocenters. The summed E-state index contributed by atoms with van der Waals surface area (Å²) in [5.41, 5.74) is 6.62. The van der Waals surface area contributed by atoms with Crippen LogP contribution in [0.4, 0.5) is 11.4 Å². The van der Waals surface area contributed by atoms with Crippen molar-refractivity contribution in [3.8, 4) is 5.75 Å². The van der Waals surface area contributed by atoms with Gasteiger partial charge >= 0.3 is 0 Å². The Bertz CT molecular complexity index is 362. The molecule has 17 heavy (non-hydrogen) atoms. The van der Waals surface area contributed by atoms with E-state index in [-0.39, 0.29) is 0 Å². The first-order valence-corrected chi connectivity index (χ1v) is 5.95. The molecule has 0 aromatic heterocycles. The Hall–Kier alpha value is -1.42. The number of ether oxygens (including phenoxy) is 1. The standard InChI is InChI=1S/C13H22N2O2/c1-4-13(16,5-2)9-15-10-7-6-8-11(17-3)12(10)14/h6-8,15-16H,4-5,9,14H2,1-3H3. The molecule has 4 N–H and O–H groups in total. The highest BCUT2D eigenvalue weighted by Gasteiger charge is 2.22. The molecule has 0 bridgehead atoms. The smallest absolute Gasteiger partial charge is 0.143 e. The number of rotatable bonds is 6. The first-order chi connectivity index (χ1) is 8.06. The molecule has 0 unspecified atom stereocenters. The third-order valence-electron chi connectivity index (χ3n) is 3.21. The topological polar surface area (TPSA) is 67.5 Å². The average Bonchev–Trinajstić information content (AvgIpc) is 2.37. The predicted octanol–water partition coefficient (Wildman–Crippen LogP) is 2.24. The Morgan fingerprint density at radius 3 is 2.53 bits per heavy atom. The van der Waals surface area contributed by atoms with Crippen molar-refractivity contribution in [1.29, 1.82) is 0 Å². The number of hydrogen-bond acceptors (Lipinski definition) is 4. The molecule has 4 nitrogen and oxygen atoms in total. The number of nitrogens with two attached hydrogens (primary N) is 1. The van der Waals surface area contributed by atoms with Crippen molar-refractivity contribution in [3.63, 3.8) is 0 Å². The molecule has 0 amide bonds. The lowest BCUT2D eigenvalue weighted by Crippen LogP contribution is -2.35. The quantitative estimate of drug-likeness (QED) is 0.665. The van der Waals surface area contributed by atoms with Crippen molar-refractivity contribution in [3.05, 3.63) is 18.2 Å². The SMILES string of the molecule is CCC(O)(CC)CNc1cccc(OC)c1N. The van der Waals surface area contributed by atoms with Crippen LogP contribution in [0.15, 0.2) is 18.2 Å². The lowest BCUT2D eigenvalue weighted by Gasteiger charge is -2.26. The Morgan fingerprint density at radius 2 is 2.00 bits per heavy atom. The summed E-state index contributed by atoms with van der Waals surface area (Å²) < 4.78 is 5.14. The van der Waals surface area contributed by atoms with E-state index in [9.17, 15) is 5.11 Å². The van der Waals surface area contributed by atoms with E-state index in [0.29, 0.717) is 30.8 Å².